The van der Waals surface area contributed by atoms with E-state index in [1.165, 1.54) is 16.9 Å². The van der Waals surface area contributed by atoms with Crippen LogP contribution in [0, 0.1) is 0 Å². The molecule has 0 unspecified atom stereocenters. The van der Waals surface area contributed by atoms with Gasteiger partial charge in [0.25, 0.3) is 5.91 Å². The lowest BCUT2D eigenvalue weighted by Crippen LogP contribution is -2.13. The van der Waals surface area contributed by atoms with Crippen LogP contribution in [0.25, 0.3) is 11.4 Å². The van der Waals surface area contributed by atoms with E-state index in [-0.39, 0.29) is 29.7 Å². The average molecular weight is 393 g/mol. The van der Waals surface area contributed by atoms with Crippen molar-refractivity contribution in [2.45, 2.75) is 32.7 Å². The van der Waals surface area contributed by atoms with Crippen LogP contribution in [0.5, 0.6) is 0 Å². The second-order valence-corrected chi connectivity index (χ2v) is 7.56. The number of amides is 1. The lowest BCUT2D eigenvalue weighted by atomic mass is 9.87. The van der Waals surface area contributed by atoms with Crippen LogP contribution in [0.4, 0.5) is 5.95 Å². The fourth-order valence-corrected chi connectivity index (χ4v) is 2.90. The predicted octanol–water partition coefficient (Wildman–Crippen LogP) is 3.36. The lowest BCUT2D eigenvalue weighted by Gasteiger charge is -2.18. The highest BCUT2D eigenvalue weighted by Crippen LogP contribution is 2.25. The number of halogens is 1. The molecule has 0 atom stereocenters. The van der Waals surface area contributed by atoms with Gasteiger partial charge in [-0.1, -0.05) is 45.0 Å². The number of aromatic nitrogens is 4. The number of anilines is 1. The van der Waals surface area contributed by atoms with Crippen molar-refractivity contribution >= 4 is 35.6 Å². The van der Waals surface area contributed by atoms with Gasteiger partial charge in [-0.15, -0.1) is 28.8 Å². The molecule has 1 aromatic carbocycles. The van der Waals surface area contributed by atoms with Gasteiger partial charge in [0.1, 0.15) is 10.7 Å². The molecule has 0 saturated heterocycles. The smallest absolute Gasteiger partial charge is 0.277 e. The van der Waals surface area contributed by atoms with Crippen LogP contribution >= 0.6 is 23.7 Å². The SMILES string of the molecule is CC(C)(C)c1ccc(-c2nc(NC(=O)c3csc(CN)n3)n[nH]2)cc1.Cl. The van der Waals surface area contributed by atoms with Gasteiger partial charge < -0.3 is 5.73 Å². The Balaban J connectivity index is 0.00000243. The van der Waals surface area contributed by atoms with E-state index in [0.29, 0.717) is 23.1 Å². The number of hydrogen-bond acceptors (Lipinski definition) is 6. The number of aromatic amines is 1. The maximum atomic E-state index is 12.1. The molecule has 1 amide bonds. The van der Waals surface area contributed by atoms with Gasteiger partial charge in [0.15, 0.2) is 5.82 Å². The number of carbonyl (C=O) groups is 1. The molecule has 0 radical (unpaired) electrons. The summed E-state index contributed by atoms with van der Waals surface area (Å²) in [6, 6.07) is 8.11. The molecule has 0 aliphatic heterocycles. The van der Waals surface area contributed by atoms with Gasteiger partial charge in [-0.2, -0.15) is 4.98 Å². The molecule has 26 heavy (non-hydrogen) atoms. The van der Waals surface area contributed by atoms with Crippen LogP contribution in [-0.2, 0) is 12.0 Å². The van der Waals surface area contributed by atoms with E-state index >= 15 is 0 Å². The van der Waals surface area contributed by atoms with Crippen LogP contribution < -0.4 is 11.1 Å². The Morgan fingerprint density at radius 3 is 2.50 bits per heavy atom. The Bertz CT molecular complexity index is 881. The first-order valence-electron chi connectivity index (χ1n) is 7.86. The van der Waals surface area contributed by atoms with Gasteiger partial charge in [-0.25, -0.2) is 4.98 Å². The molecule has 3 rings (SSSR count). The summed E-state index contributed by atoms with van der Waals surface area (Å²) in [6.45, 7) is 6.81. The molecular weight excluding hydrogens is 372 g/mol. The number of rotatable bonds is 4. The first kappa shape index (κ1) is 20.0. The van der Waals surface area contributed by atoms with Crippen molar-refractivity contribution < 1.29 is 4.79 Å². The average Bonchev–Trinajstić information content (AvgIpc) is 3.23. The third-order valence-electron chi connectivity index (χ3n) is 3.69. The van der Waals surface area contributed by atoms with Crippen molar-refractivity contribution in [2.75, 3.05) is 5.32 Å². The van der Waals surface area contributed by atoms with Gasteiger partial charge in [0.2, 0.25) is 5.95 Å². The van der Waals surface area contributed by atoms with Crippen molar-refractivity contribution in [3.63, 3.8) is 0 Å². The summed E-state index contributed by atoms with van der Waals surface area (Å²) >= 11 is 1.35. The number of thiazole rings is 1. The summed E-state index contributed by atoms with van der Waals surface area (Å²) in [5, 5.41) is 11.9. The maximum Gasteiger partial charge on any atom is 0.277 e. The molecular formula is C17H21ClN6OS. The Morgan fingerprint density at radius 2 is 1.92 bits per heavy atom. The van der Waals surface area contributed by atoms with E-state index < -0.39 is 0 Å². The Morgan fingerprint density at radius 1 is 1.23 bits per heavy atom. The molecule has 9 heteroatoms. The quantitative estimate of drug-likeness (QED) is 0.630. The molecule has 2 heterocycles. The minimum absolute atomic E-state index is 0. The Kier molecular flexibility index (Phi) is 6.12. The summed E-state index contributed by atoms with van der Waals surface area (Å²) in [5.74, 6) is 0.448. The largest absolute Gasteiger partial charge is 0.325 e. The molecule has 0 fully saturated rings. The van der Waals surface area contributed by atoms with Gasteiger partial charge >= 0.3 is 0 Å². The van der Waals surface area contributed by atoms with Gasteiger partial charge in [-0.3, -0.25) is 15.2 Å². The third kappa shape index (κ3) is 4.46. The molecule has 7 nitrogen and oxygen atoms in total. The molecule has 0 aliphatic carbocycles. The molecule has 138 valence electrons. The topological polar surface area (TPSA) is 110 Å². The molecule has 0 spiro atoms. The monoisotopic (exact) mass is 392 g/mol. The van der Waals surface area contributed by atoms with E-state index in [4.69, 9.17) is 5.73 Å². The standard InChI is InChI=1S/C17H20N6OS.ClH/c1-17(2,3)11-6-4-10(5-7-11)14-20-16(23-22-14)21-15(24)12-9-25-13(8-18)19-12;/h4-7,9H,8,18H2,1-3H3,(H2,20,21,22,23,24);1H. The van der Waals surface area contributed by atoms with E-state index in [1.807, 2.05) is 12.1 Å². The number of nitrogens with two attached hydrogens (primary N) is 1. The van der Waals surface area contributed by atoms with Crippen LogP contribution in [0.3, 0.4) is 0 Å². The third-order valence-corrected chi connectivity index (χ3v) is 4.57. The normalized spacial score (nSPS) is 11.1. The minimum Gasteiger partial charge on any atom is -0.325 e. The zero-order valence-electron chi connectivity index (χ0n) is 14.7. The van der Waals surface area contributed by atoms with E-state index in [0.717, 1.165) is 5.56 Å². The molecule has 0 aliphatic rings. The Labute approximate surface area is 161 Å². The van der Waals surface area contributed by atoms with E-state index in [2.05, 4.69) is 58.4 Å². The van der Waals surface area contributed by atoms with Gasteiger partial charge in [0.05, 0.1) is 0 Å². The van der Waals surface area contributed by atoms with Crippen molar-refractivity contribution in [3.8, 4) is 11.4 Å². The summed E-state index contributed by atoms with van der Waals surface area (Å²) < 4.78 is 0. The highest BCUT2D eigenvalue weighted by atomic mass is 35.5. The molecule has 4 N–H and O–H groups in total. The van der Waals surface area contributed by atoms with E-state index in [1.54, 1.807) is 5.38 Å². The number of benzene rings is 1. The number of H-pyrrole nitrogens is 1. The highest BCUT2D eigenvalue weighted by Gasteiger charge is 2.15. The summed E-state index contributed by atoms with van der Waals surface area (Å²) in [7, 11) is 0. The molecule has 3 aromatic rings. The van der Waals surface area contributed by atoms with Crippen molar-refractivity contribution in [1.82, 2.24) is 20.2 Å². The first-order valence-corrected chi connectivity index (χ1v) is 8.74. The predicted molar refractivity (Wildman–Crippen MR) is 106 cm³/mol. The lowest BCUT2D eigenvalue weighted by molar-refractivity contribution is 0.102. The zero-order chi connectivity index (χ0) is 18.0. The fourth-order valence-electron chi connectivity index (χ4n) is 2.25. The van der Waals surface area contributed by atoms with Crippen LogP contribution in [0.1, 0.15) is 41.8 Å². The first-order chi connectivity index (χ1) is 11.9. The molecule has 2 aromatic heterocycles. The number of hydrogen-bond donors (Lipinski definition) is 3. The summed E-state index contributed by atoms with van der Waals surface area (Å²) in [6.07, 6.45) is 0. The fraction of sp³-hybridized carbons (Fsp3) is 0.294. The highest BCUT2D eigenvalue weighted by molar-refractivity contribution is 7.09. The van der Waals surface area contributed by atoms with Crippen molar-refractivity contribution in [3.05, 3.63) is 45.9 Å². The number of carbonyl (C=O) groups excluding carboxylic acids is 1. The minimum atomic E-state index is -0.357. The second-order valence-electron chi connectivity index (χ2n) is 6.62. The number of nitrogens with zero attached hydrogens (tertiary/aromatic N) is 3. The van der Waals surface area contributed by atoms with Gasteiger partial charge in [-0.05, 0) is 11.0 Å². The van der Waals surface area contributed by atoms with Crippen molar-refractivity contribution in [1.29, 1.82) is 0 Å². The number of nitrogens with one attached hydrogen (secondary N) is 2. The van der Waals surface area contributed by atoms with Crippen molar-refractivity contribution in [2.24, 2.45) is 5.73 Å². The van der Waals surface area contributed by atoms with Gasteiger partial charge in [0, 0.05) is 17.5 Å². The summed E-state index contributed by atoms with van der Waals surface area (Å²) in [5.41, 5.74) is 8.05. The van der Waals surface area contributed by atoms with Crippen LogP contribution in [0.15, 0.2) is 29.6 Å². The Hall–Kier alpha value is -2.29. The molecule has 0 saturated carbocycles. The zero-order valence-corrected chi connectivity index (χ0v) is 16.4. The van der Waals surface area contributed by atoms with Crippen LogP contribution in [0.2, 0.25) is 0 Å². The maximum absolute atomic E-state index is 12.1. The van der Waals surface area contributed by atoms with E-state index in [9.17, 15) is 4.79 Å². The van der Waals surface area contributed by atoms with Crippen LogP contribution in [-0.4, -0.2) is 26.1 Å². The summed E-state index contributed by atoms with van der Waals surface area (Å²) in [4.78, 5) is 20.6. The second kappa shape index (κ2) is 7.94. The molecule has 0 bridgehead atoms.